The lowest BCUT2D eigenvalue weighted by molar-refractivity contribution is 0.581. The number of halogens is 2. The summed E-state index contributed by atoms with van der Waals surface area (Å²) in [7, 11) is -3.79. The minimum atomic E-state index is -3.79. The molecule has 0 saturated carbocycles. The van der Waals surface area contributed by atoms with E-state index in [9.17, 15) is 8.42 Å². The lowest BCUT2D eigenvalue weighted by Crippen LogP contribution is -2.24. The Morgan fingerprint density at radius 2 is 1.86 bits per heavy atom. The Hall–Kier alpha value is -1.18. The Labute approximate surface area is 133 Å². The van der Waals surface area contributed by atoms with Gasteiger partial charge in [0.2, 0.25) is 10.0 Å². The van der Waals surface area contributed by atoms with Gasteiger partial charge in [-0.1, -0.05) is 23.2 Å². The minimum absolute atomic E-state index is 0.0776. The number of hydrogen-bond acceptors (Lipinski definition) is 4. The van der Waals surface area contributed by atoms with Gasteiger partial charge in [0.1, 0.15) is 4.90 Å². The van der Waals surface area contributed by atoms with Crippen LogP contribution in [0.2, 0.25) is 10.0 Å². The molecule has 0 radical (unpaired) electrons. The summed E-state index contributed by atoms with van der Waals surface area (Å²) in [5, 5.41) is 0.355. The second-order valence-electron chi connectivity index (χ2n) is 4.26. The molecule has 1 aromatic carbocycles. The average molecular weight is 346 g/mol. The molecule has 21 heavy (non-hydrogen) atoms. The standard InChI is InChI=1S/C13H13Cl2N3O2S/c14-11-5-10(7-16)13(15)12(6-11)21(19,20)18-8-9-1-3-17-4-2-9/h1-6,18H,7-8,16H2. The van der Waals surface area contributed by atoms with Crippen LogP contribution in [0, 0.1) is 0 Å². The monoisotopic (exact) mass is 345 g/mol. The highest BCUT2D eigenvalue weighted by Crippen LogP contribution is 2.29. The number of rotatable bonds is 5. The molecule has 0 aliphatic rings. The predicted molar refractivity (Wildman–Crippen MR) is 82.6 cm³/mol. The molecule has 1 heterocycles. The van der Waals surface area contributed by atoms with Gasteiger partial charge in [-0.2, -0.15) is 0 Å². The first-order chi connectivity index (χ1) is 9.94. The van der Waals surface area contributed by atoms with Crippen LogP contribution < -0.4 is 10.5 Å². The van der Waals surface area contributed by atoms with Gasteiger partial charge in [0.25, 0.3) is 0 Å². The maximum absolute atomic E-state index is 12.3. The molecular formula is C13H13Cl2N3O2S. The maximum Gasteiger partial charge on any atom is 0.242 e. The van der Waals surface area contributed by atoms with E-state index in [1.807, 2.05) is 0 Å². The number of benzene rings is 1. The molecule has 0 amide bonds. The number of nitrogens with two attached hydrogens (primary N) is 1. The summed E-state index contributed by atoms with van der Waals surface area (Å²) < 4.78 is 27.1. The van der Waals surface area contributed by atoms with Crippen LogP contribution >= 0.6 is 23.2 Å². The summed E-state index contributed by atoms with van der Waals surface area (Å²) in [4.78, 5) is 3.79. The Morgan fingerprint density at radius 3 is 2.48 bits per heavy atom. The molecule has 3 N–H and O–H groups in total. The van der Waals surface area contributed by atoms with Crippen LogP contribution in [-0.2, 0) is 23.1 Å². The molecule has 2 rings (SSSR count). The summed E-state index contributed by atoms with van der Waals surface area (Å²) in [6.45, 7) is 0.234. The number of hydrogen-bond donors (Lipinski definition) is 2. The molecule has 112 valence electrons. The maximum atomic E-state index is 12.3. The van der Waals surface area contributed by atoms with Crippen molar-refractivity contribution in [3.05, 3.63) is 57.8 Å². The van der Waals surface area contributed by atoms with Crippen LogP contribution in [0.3, 0.4) is 0 Å². The van der Waals surface area contributed by atoms with E-state index in [1.165, 1.54) is 6.07 Å². The number of aromatic nitrogens is 1. The molecule has 8 heteroatoms. The van der Waals surface area contributed by atoms with E-state index in [-0.39, 0.29) is 28.0 Å². The molecule has 1 aromatic heterocycles. The molecule has 0 bridgehead atoms. The van der Waals surface area contributed by atoms with Crippen molar-refractivity contribution >= 4 is 33.2 Å². The van der Waals surface area contributed by atoms with Gasteiger partial charge in [-0.25, -0.2) is 13.1 Å². The second kappa shape index (κ2) is 6.72. The molecule has 0 unspecified atom stereocenters. The molecule has 2 aromatic rings. The van der Waals surface area contributed by atoms with Gasteiger partial charge in [0.15, 0.2) is 0 Å². The van der Waals surface area contributed by atoms with Crippen LogP contribution in [0.4, 0.5) is 0 Å². The van der Waals surface area contributed by atoms with Gasteiger partial charge >= 0.3 is 0 Å². The molecule has 0 saturated heterocycles. The average Bonchev–Trinajstić information content (AvgIpc) is 2.48. The van der Waals surface area contributed by atoms with Crippen LogP contribution in [0.15, 0.2) is 41.6 Å². The fourth-order valence-electron chi connectivity index (χ4n) is 1.72. The van der Waals surface area contributed by atoms with E-state index in [1.54, 1.807) is 30.6 Å². The van der Waals surface area contributed by atoms with Crippen LogP contribution in [-0.4, -0.2) is 13.4 Å². The SMILES string of the molecule is NCc1cc(Cl)cc(S(=O)(=O)NCc2ccncc2)c1Cl. The van der Waals surface area contributed by atoms with Crippen molar-refractivity contribution in [2.75, 3.05) is 0 Å². The highest BCUT2D eigenvalue weighted by Gasteiger charge is 2.20. The second-order valence-corrected chi connectivity index (χ2v) is 6.81. The summed E-state index contributed by atoms with van der Waals surface area (Å²) in [5.41, 5.74) is 6.79. The lowest BCUT2D eigenvalue weighted by atomic mass is 10.2. The molecular weight excluding hydrogens is 333 g/mol. The van der Waals surface area contributed by atoms with Crippen molar-refractivity contribution in [3.8, 4) is 0 Å². The predicted octanol–water partition coefficient (Wildman–Crippen LogP) is 2.33. The van der Waals surface area contributed by atoms with E-state index in [0.717, 1.165) is 5.56 Å². The normalized spacial score (nSPS) is 11.6. The molecule has 0 spiro atoms. The lowest BCUT2D eigenvalue weighted by Gasteiger charge is -2.11. The van der Waals surface area contributed by atoms with Gasteiger partial charge in [0.05, 0.1) is 5.02 Å². The molecule has 5 nitrogen and oxygen atoms in total. The Kier molecular flexibility index (Phi) is 5.18. The first kappa shape index (κ1) is 16.2. The van der Waals surface area contributed by atoms with Crippen LogP contribution in [0.25, 0.3) is 0 Å². The van der Waals surface area contributed by atoms with Gasteiger partial charge in [0, 0.05) is 30.5 Å². The molecule has 0 atom stereocenters. The first-order valence-electron chi connectivity index (χ1n) is 6.00. The third-order valence-electron chi connectivity index (χ3n) is 2.80. The largest absolute Gasteiger partial charge is 0.326 e. The Bertz CT molecular complexity index is 737. The van der Waals surface area contributed by atoms with Crippen molar-refractivity contribution < 1.29 is 8.42 Å². The Balaban J connectivity index is 2.30. The fourth-order valence-corrected chi connectivity index (χ4v) is 3.68. The summed E-state index contributed by atoms with van der Waals surface area (Å²) >= 11 is 12.0. The van der Waals surface area contributed by atoms with Crippen molar-refractivity contribution in [1.29, 1.82) is 0 Å². The van der Waals surface area contributed by atoms with Crippen molar-refractivity contribution in [1.82, 2.24) is 9.71 Å². The Morgan fingerprint density at radius 1 is 1.19 bits per heavy atom. The third kappa shape index (κ3) is 3.93. The van der Waals surface area contributed by atoms with E-state index in [4.69, 9.17) is 28.9 Å². The zero-order valence-corrected chi connectivity index (χ0v) is 13.2. The van der Waals surface area contributed by atoms with Crippen molar-refractivity contribution in [2.45, 2.75) is 18.0 Å². The number of nitrogens with one attached hydrogen (secondary N) is 1. The summed E-state index contributed by atoms with van der Waals surface area (Å²) in [6, 6.07) is 6.28. The van der Waals surface area contributed by atoms with Gasteiger partial charge in [-0.05, 0) is 35.4 Å². The van der Waals surface area contributed by atoms with Crippen LogP contribution in [0.5, 0.6) is 0 Å². The quantitative estimate of drug-likeness (QED) is 0.870. The van der Waals surface area contributed by atoms with Gasteiger partial charge in [-0.3, -0.25) is 4.98 Å². The van der Waals surface area contributed by atoms with E-state index in [0.29, 0.717) is 5.56 Å². The van der Waals surface area contributed by atoms with E-state index in [2.05, 4.69) is 9.71 Å². The smallest absolute Gasteiger partial charge is 0.242 e. The third-order valence-corrected chi connectivity index (χ3v) is 5.01. The van der Waals surface area contributed by atoms with Crippen molar-refractivity contribution in [2.24, 2.45) is 5.73 Å². The number of pyridine rings is 1. The van der Waals surface area contributed by atoms with Crippen molar-refractivity contribution in [3.63, 3.8) is 0 Å². The topological polar surface area (TPSA) is 85.1 Å². The summed E-state index contributed by atoms with van der Waals surface area (Å²) in [6.07, 6.45) is 3.17. The minimum Gasteiger partial charge on any atom is -0.326 e. The van der Waals surface area contributed by atoms with Gasteiger partial charge in [-0.15, -0.1) is 0 Å². The van der Waals surface area contributed by atoms with Gasteiger partial charge < -0.3 is 5.73 Å². The zero-order chi connectivity index (χ0) is 15.5. The molecule has 0 aliphatic carbocycles. The van der Waals surface area contributed by atoms with E-state index >= 15 is 0 Å². The summed E-state index contributed by atoms with van der Waals surface area (Å²) in [5.74, 6) is 0. The highest BCUT2D eigenvalue weighted by molar-refractivity contribution is 7.89. The zero-order valence-electron chi connectivity index (χ0n) is 10.9. The molecule has 0 aliphatic heterocycles. The molecule has 0 fully saturated rings. The number of nitrogens with zero attached hydrogens (tertiary/aromatic N) is 1. The highest BCUT2D eigenvalue weighted by atomic mass is 35.5. The number of sulfonamides is 1. The van der Waals surface area contributed by atoms with E-state index < -0.39 is 10.0 Å². The van der Waals surface area contributed by atoms with Crippen LogP contribution in [0.1, 0.15) is 11.1 Å². The first-order valence-corrected chi connectivity index (χ1v) is 8.24. The fraction of sp³-hybridized carbons (Fsp3) is 0.154.